The van der Waals surface area contributed by atoms with Gasteiger partial charge in [0.05, 0.1) is 34.8 Å². The summed E-state index contributed by atoms with van der Waals surface area (Å²) < 4.78 is 55.3. The van der Waals surface area contributed by atoms with Gasteiger partial charge in [-0.25, -0.2) is 22.2 Å². The summed E-state index contributed by atoms with van der Waals surface area (Å²) in [5, 5.41) is 3.43. The number of hydrogen-bond donors (Lipinski definition) is 2. The number of carbonyl (C=O) groups is 1. The average molecular weight is 508 g/mol. The first-order valence-electron chi connectivity index (χ1n) is 11.4. The molecule has 1 amide bonds. The first kappa shape index (κ1) is 23.9. The number of benzene rings is 3. The van der Waals surface area contributed by atoms with Crippen LogP contribution in [0.15, 0.2) is 72.8 Å². The van der Waals surface area contributed by atoms with Crippen LogP contribution in [-0.4, -0.2) is 25.6 Å². The van der Waals surface area contributed by atoms with Crippen molar-refractivity contribution < 1.29 is 22.0 Å². The van der Waals surface area contributed by atoms with Crippen molar-refractivity contribution in [3.05, 3.63) is 95.6 Å². The van der Waals surface area contributed by atoms with Gasteiger partial charge in [0, 0.05) is 10.9 Å². The highest BCUT2D eigenvalue weighted by atomic mass is 32.2. The van der Waals surface area contributed by atoms with E-state index in [9.17, 15) is 22.0 Å². The second-order valence-corrected chi connectivity index (χ2v) is 10.7. The topological polar surface area (TPSA) is 88.2 Å². The number of halogens is 2. The van der Waals surface area contributed by atoms with E-state index in [1.165, 1.54) is 30.3 Å². The second-order valence-electron chi connectivity index (χ2n) is 8.96. The minimum atomic E-state index is -3.85. The van der Waals surface area contributed by atoms with Crippen molar-refractivity contribution >= 4 is 32.5 Å². The van der Waals surface area contributed by atoms with Crippen LogP contribution in [-0.2, 0) is 10.0 Å². The fraction of sp³-hybridized carbons (Fsp3) is 0.185. The molecular formula is C27H23F2N3O3S. The Morgan fingerprint density at radius 3 is 2.33 bits per heavy atom. The molecular weight excluding hydrogens is 484 g/mol. The zero-order valence-corrected chi connectivity index (χ0v) is 20.1. The number of para-hydroxylation sites is 1. The summed E-state index contributed by atoms with van der Waals surface area (Å²) in [7, 11) is -3.85. The van der Waals surface area contributed by atoms with Gasteiger partial charge in [0.2, 0.25) is 10.0 Å². The van der Waals surface area contributed by atoms with Crippen LogP contribution in [0.3, 0.4) is 0 Å². The van der Waals surface area contributed by atoms with Gasteiger partial charge in [-0.3, -0.25) is 9.52 Å². The molecule has 0 radical (unpaired) electrons. The van der Waals surface area contributed by atoms with Gasteiger partial charge in [0.15, 0.2) is 0 Å². The lowest BCUT2D eigenvalue weighted by Gasteiger charge is -2.22. The standard InChI is InChI=1S/C27H23F2N3O3S/c1-36(34,35)32-26-23(27(33)31-24(16-12-13-16)17-6-4-8-19(28)14-17)21-10-2-3-11-22(21)30-25(26)18-7-5-9-20(29)15-18/h2-11,14-16,24,32H,12-13H2,1H3,(H,31,33). The Balaban J connectivity index is 1.70. The highest BCUT2D eigenvalue weighted by Crippen LogP contribution is 2.42. The molecule has 1 atom stereocenters. The molecule has 36 heavy (non-hydrogen) atoms. The molecule has 184 valence electrons. The number of rotatable bonds is 7. The molecule has 9 heteroatoms. The SMILES string of the molecule is CS(=O)(=O)Nc1c(-c2cccc(F)c2)nc2ccccc2c1C(=O)NC(c1cccc(F)c1)C1CC1. The molecule has 3 aromatic carbocycles. The quantitative estimate of drug-likeness (QED) is 0.349. The molecule has 0 aliphatic heterocycles. The number of fused-ring (bicyclic) bond motifs is 1. The largest absolute Gasteiger partial charge is 0.345 e. The molecule has 0 spiro atoms. The van der Waals surface area contributed by atoms with E-state index in [-0.39, 0.29) is 22.9 Å². The molecule has 1 aliphatic rings. The molecule has 5 rings (SSSR count). The van der Waals surface area contributed by atoms with Gasteiger partial charge in [0.1, 0.15) is 11.6 Å². The zero-order valence-electron chi connectivity index (χ0n) is 19.3. The van der Waals surface area contributed by atoms with E-state index in [1.807, 2.05) is 0 Å². The van der Waals surface area contributed by atoms with Crippen LogP contribution >= 0.6 is 0 Å². The van der Waals surface area contributed by atoms with Crippen LogP contribution in [0.2, 0.25) is 0 Å². The number of hydrogen-bond acceptors (Lipinski definition) is 4. The number of nitrogens with zero attached hydrogens (tertiary/aromatic N) is 1. The molecule has 6 nitrogen and oxygen atoms in total. The monoisotopic (exact) mass is 507 g/mol. The van der Waals surface area contributed by atoms with Crippen LogP contribution < -0.4 is 10.0 Å². The summed E-state index contributed by atoms with van der Waals surface area (Å²) >= 11 is 0. The molecule has 1 saturated carbocycles. The van der Waals surface area contributed by atoms with Crippen LogP contribution in [0.1, 0.15) is 34.8 Å². The van der Waals surface area contributed by atoms with Gasteiger partial charge < -0.3 is 5.32 Å². The van der Waals surface area contributed by atoms with Crippen LogP contribution in [0, 0.1) is 17.6 Å². The Kier molecular flexibility index (Phi) is 6.17. The van der Waals surface area contributed by atoms with Gasteiger partial charge in [-0.15, -0.1) is 0 Å². The lowest BCUT2D eigenvalue weighted by molar-refractivity contribution is 0.0934. The number of pyridine rings is 1. The van der Waals surface area contributed by atoms with Crippen molar-refractivity contribution in [1.82, 2.24) is 10.3 Å². The van der Waals surface area contributed by atoms with Crippen molar-refractivity contribution in [1.29, 1.82) is 0 Å². The number of aromatic nitrogens is 1. The minimum Gasteiger partial charge on any atom is -0.345 e. The van der Waals surface area contributed by atoms with Crippen LogP contribution in [0.5, 0.6) is 0 Å². The average Bonchev–Trinajstić information content (AvgIpc) is 3.66. The molecule has 1 heterocycles. The minimum absolute atomic E-state index is 0.0481. The maximum atomic E-state index is 14.1. The highest BCUT2D eigenvalue weighted by Gasteiger charge is 2.35. The first-order chi connectivity index (χ1) is 17.2. The van der Waals surface area contributed by atoms with Gasteiger partial charge >= 0.3 is 0 Å². The Morgan fingerprint density at radius 2 is 1.67 bits per heavy atom. The Labute approximate surface area is 207 Å². The Hall–Kier alpha value is -3.85. The maximum absolute atomic E-state index is 14.1. The van der Waals surface area contributed by atoms with Crippen molar-refractivity contribution in [2.24, 2.45) is 5.92 Å². The van der Waals surface area contributed by atoms with E-state index in [2.05, 4.69) is 15.0 Å². The van der Waals surface area contributed by atoms with Crippen molar-refractivity contribution in [2.45, 2.75) is 18.9 Å². The number of sulfonamides is 1. The molecule has 0 bridgehead atoms. The smallest absolute Gasteiger partial charge is 0.254 e. The van der Waals surface area contributed by atoms with E-state index in [0.29, 0.717) is 22.0 Å². The molecule has 1 unspecified atom stereocenters. The molecule has 4 aromatic rings. The summed E-state index contributed by atoms with van der Waals surface area (Å²) in [6.45, 7) is 0. The van der Waals surface area contributed by atoms with E-state index in [1.54, 1.807) is 42.5 Å². The normalized spacial score (nSPS) is 14.4. The number of carbonyl (C=O) groups excluding carboxylic acids is 1. The third-order valence-corrected chi connectivity index (χ3v) is 6.67. The molecule has 1 aliphatic carbocycles. The fourth-order valence-corrected chi connectivity index (χ4v) is 4.96. The van der Waals surface area contributed by atoms with E-state index < -0.39 is 33.6 Å². The fourth-order valence-electron chi connectivity index (χ4n) is 4.39. The predicted molar refractivity (Wildman–Crippen MR) is 135 cm³/mol. The third-order valence-electron chi connectivity index (χ3n) is 6.09. The van der Waals surface area contributed by atoms with Gasteiger partial charge in [-0.2, -0.15) is 0 Å². The molecule has 0 saturated heterocycles. The Bertz CT molecular complexity index is 1590. The lowest BCUT2D eigenvalue weighted by Crippen LogP contribution is -2.31. The van der Waals surface area contributed by atoms with E-state index in [0.717, 1.165) is 19.1 Å². The molecule has 1 aromatic heterocycles. The first-order valence-corrected chi connectivity index (χ1v) is 13.3. The van der Waals surface area contributed by atoms with Crippen molar-refractivity contribution in [3.8, 4) is 11.3 Å². The van der Waals surface area contributed by atoms with Gasteiger partial charge in [-0.05, 0) is 54.7 Å². The lowest BCUT2D eigenvalue weighted by atomic mass is 9.98. The second kappa shape index (κ2) is 9.31. The van der Waals surface area contributed by atoms with E-state index >= 15 is 0 Å². The van der Waals surface area contributed by atoms with Crippen LogP contribution in [0.4, 0.5) is 14.5 Å². The Morgan fingerprint density at radius 1 is 0.972 bits per heavy atom. The third kappa shape index (κ3) is 5.06. The van der Waals surface area contributed by atoms with Gasteiger partial charge in [-0.1, -0.05) is 42.5 Å². The van der Waals surface area contributed by atoms with E-state index in [4.69, 9.17) is 0 Å². The zero-order chi connectivity index (χ0) is 25.4. The van der Waals surface area contributed by atoms with Crippen LogP contribution in [0.25, 0.3) is 22.2 Å². The number of nitrogens with one attached hydrogen (secondary N) is 2. The number of anilines is 1. The molecule has 2 N–H and O–H groups in total. The summed E-state index contributed by atoms with van der Waals surface area (Å²) in [4.78, 5) is 18.5. The van der Waals surface area contributed by atoms with Crippen molar-refractivity contribution in [3.63, 3.8) is 0 Å². The summed E-state index contributed by atoms with van der Waals surface area (Å²) in [6.07, 6.45) is 2.72. The van der Waals surface area contributed by atoms with Gasteiger partial charge in [0.25, 0.3) is 5.91 Å². The number of amides is 1. The predicted octanol–water partition coefficient (Wildman–Crippen LogP) is 5.43. The van der Waals surface area contributed by atoms with Crippen molar-refractivity contribution in [2.75, 3.05) is 11.0 Å². The molecule has 1 fully saturated rings. The summed E-state index contributed by atoms with van der Waals surface area (Å²) in [5.41, 5.74) is 1.52. The maximum Gasteiger partial charge on any atom is 0.254 e. The summed E-state index contributed by atoms with van der Waals surface area (Å²) in [6, 6.07) is 18.0. The highest BCUT2D eigenvalue weighted by molar-refractivity contribution is 7.92. The summed E-state index contributed by atoms with van der Waals surface area (Å²) in [5.74, 6) is -1.34.